The zero-order chi connectivity index (χ0) is 7.82. The van der Waals surface area contributed by atoms with Gasteiger partial charge in [-0.05, 0) is 25.7 Å². The standard InChI is InChI=1S/C9H17N/c1-3-5-6-8-9(10)7-4-2/h3-4,9H,1-2,5-8,10H2/t9-/m1/s1. The maximum absolute atomic E-state index is 5.72. The Labute approximate surface area is 63.6 Å². The SMILES string of the molecule is C=CCCC[C@H](N)CC=C. The third-order valence-electron chi connectivity index (χ3n) is 1.45. The van der Waals surface area contributed by atoms with Crippen molar-refractivity contribution in [1.82, 2.24) is 0 Å². The van der Waals surface area contributed by atoms with E-state index in [1.54, 1.807) is 0 Å². The molecule has 0 saturated heterocycles. The lowest BCUT2D eigenvalue weighted by Gasteiger charge is -2.06. The Balaban J connectivity index is 3.11. The molecule has 0 aromatic rings. The maximum atomic E-state index is 5.72. The molecule has 1 atom stereocenters. The monoisotopic (exact) mass is 139 g/mol. The molecule has 0 bridgehead atoms. The Morgan fingerprint density at radius 1 is 1.30 bits per heavy atom. The molecule has 0 unspecified atom stereocenters. The average molecular weight is 139 g/mol. The lowest BCUT2D eigenvalue weighted by atomic mass is 10.1. The second-order valence-corrected chi connectivity index (χ2v) is 2.50. The van der Waals surface area contributed by atoms with Gasteiger partial charge in [0, 0.05) is 6.04 Å². The number of unbranched alkanes of at least 4 members (excludes halogenated alkanes) is 1. The molecule has 0 aromatic carbocycles. The van der Waals surface area contributed by atoms with Crippen molar-refractivity contribution < 1.29 is 0 Å². The lowest BCUT2D eigenvalue weighted by molar-refractivity contribution is 0.593. The number of nitrogens with two attached hydrogens (primary N) is 1. The van der Waals surface area contributed by atoms with E-state index in [-0.39, 0.29) is 0 Å². The van der Waals surface area contributed by atoms with Crippen molar-refractivity contribution in [3.05, 3.63) is 25.3 Å². The van der Waals surface area contributed by atoms with Gasteiger partial charge in [0.25, 0.3) is 0 Å². The molecule has 0 aliphatic carbocycles. The summed E-state index contributed by atoms with van der Waals surface area (Å²) < 4.78 is 0. The molecule has 58 valence electrons. The molecule has 0 aliphatic rings. The number of hydrogen-bond donors (Lipinski definition) is 1. The van der Waals surface area contributed by atoms with Gasteiger partial charge in [-0.15, -0.1) is 13.2 Å². The Bertz CT molecular complexity index is 96.9. The summed E-state index contributed by atoms with van der Waals surface area (Å²) in [5.74, 6) is 0. The summed E-state index contributed by atoms with van der Waals surface area (Å²) in [6.07, 6.45) is 8.04. The number of hydrogen-bond acceptors (Lipinski definition) is 1. The molecule has 0 fully saturated rings. The fourth-order valence-corrected chi connectivity index (χ4v) is 0.856. The van der Waals surface area contributed by atoms with E-state index >= 15 is 0 Å². The van der Waals surface area contributed by atoms with Crippen molar-refractivity contribution >= 4 is 0 Å². The van der Waals surface area contributed by atoms with Crippen molar-refractivity contribution in [1.29, 1.82) is 0 Å². The summed E-state index contributed by atoms with van der Waals surface area (Å²) in [5, 5.41) is 0. The van der Waals surface area contributed by atoms with Crippen LogP contribution in [0.5, 0.6) is 0 Å². The molecule has 2 N–H and O–H groups in total. The smallest absolute Gasteiger partial charge is 0.00734 e. The molecule has 1 heteroatoms. The second kappa shape index (κ2) is 6.56. The summed E-state index contributed by atoms with van der Waals surface area (Å²) in [4.78, 5) is 0. The molecule has 1 nitrogen and oxygen atoms in total. The van der Waals surface area contributed by atoms with Crippen LogP contribution in [0.4, 0.5) is 0 Å². The first kappa shape index (κ1) is 9.44. The van der Waals surface area contributed by atoms with Gasteiger partial charge in [-0.1, -0.05) is 12.2 Å². The summed E-state index contributed by atoms with van der Waals surface area (Å²) in [7, 11) is 0. The van der Waals surface area contributed by atoms with Crippen LogP contribution in [0, 0.1) is 0 Å². The molecule has 0 saturated carbocycles. The Morgan fingerprint density at radius 2 is 2.00 bits per heavy atom. The van der Waals surface area contributed by atoms with Crippen LogP contribution in [0.25, 0.3) is 0 Å². The lowest BCUT2D eigenvalue weighted by Crippen LogP contribution is -2.18. The highest BCUT2D eigenvalue weighted by atomic mass is 14.6. The van der Waals surface area contributed by atoms with E-state index in [1.165, 1.54) is 0 Å². The highest BCUT2D eigenvalue weighted by Gasteiger charge is 1.96. The van der Waals surface area contributed by atoms with Gasteiger partial charge in [-0.2, -0.15) is 0 Å². The molecule has 0 aliphatic heterocycles. The summed E-state index contributed by atoms with van der Waals surface area (Å²) in [6.45, 7) is 7.27. The van der Waals surface area contributed by atoms with Crippen LogP contribution in [0.3, 0.4) is 0 Å². The quantitative estimate of drug-likeness (QED) is 0.443. The summed E-state index contributed by atoms with van der Waals surface area (Å²) >= 11 is 0. The minimum atomic E-state index is 0.303. The van der Waals surface area contributed by atoms with Crippen LogP contribution in [0.1, 0.15) is 25.7 Å². The van der Waals surface area contributed by atoms with E-state index in [0.29, 0.717) is 6.04 Å². The van der Waals surface area contributed by atoms with Crippen LogP contribution in [-0.2, 0) is 0 Å². The van der Waals surface area contributed by atoms with E-state index in [0.717, 1.165) is 25.7 Å². The predicted octanol–water partition coefficient (Wildman–Crippen LogP) is 2.25. The normalized spacial score (nSPS) is 12.5. The van der Waals surface area contributed by atoms with Crippen LogP contribution < -0.4 is 5.73 Å². The third-order valence-corrected chi connectivity index (χ3v) is 1.45. The van der Waals surface area contributed by atoms with Crippen molar-refractivity contribution in [3.8, 4) is 0 Å². The minimum Gasteiger partial charge on any atom is -0.327 e. The van der Waals surface area contributed by atoms with Gasteiger partial charge in [0.1, 0.15) is 0 Å². The van der Waals surface area contributed by atoms with Gasteiger partial charge >= 0.3 is 0 Å². The molecule has 0 aromatic heterocycles. The van der Waals surface area contributed by atoms with Crippen LogP contribution in [0.15, 0.2) is 25.3 Å². The molecule has 10 heavy (non-hydrogen) atoms. The van der Waals surface area contributed by atoms with Gasteiger partial charge in [0.2, 0.25) is 0 Å². The number of allylic oxidation sites excluding steroid dienone is 1. The Hall–Kier alpha value is -0.560. The van der Waals surface area contributed by atoms with Gasteiger partial charge in [-0.25, -0.2) is 0 Å². The van der Waals surface area contributed by atoms with E-state index in [4.69, 9.17) is 5.73 Å². The Kier molecular flexibility index (Phi) is 6.19. The first-order chi connectivity index (χ1) is 4.81. The van der Waals surface area contributed by atoms with Crippen LogP contribution in [-0.4, -0.2) is 6.04 Å². The fourth-order valence-electron chi connectivity index (χ4n) is 0.856. The minimum absolute atomic E-state index is 0.303. The van der Waals surface area contributed by atoms with Gasteiger partial charge in [-0.3, -0.25) is 0 Å². The maximum Gasteiger partial charge on any atom is 0.00734 e. The molecule has 0 amide bonds. The van der Waals surface area contributed by atoms with Crippen molar-refractivity contribution in [3.63, 3.8) is 0 Å². The largest absolute Gasteiger partial charge is 0.327 e. The van der Waals surface area contributed by atoms with Crippen LogP contribution >= 0.6 is 0 Å². The van der Waals surface area contributed by atoms with Crippen molar-refractivity contribution in [2.24, 2.45) is 5.73 Å². The van der Waals surface area contributed by atoms with Crippen LogP contribution in [0.2, 0.25) is 0 Å². The van der Waals surface area contributed by atoms with E-state index < -0.39 is 0 Å². The van der Waals surface area contributed by atoms with Gasteiger partial charge in [0.15, 0.2) is 0 Å². The van der Waals surface area contributed by atoms with E-state index in [1.807, 2.05) is 12.2 Å². The number of rotatable bonds is 6. The highest BCUT2D eigenvalue weighted by molar-refractivity contribution is 4.76. The molecular formula is C9H17N. The zero-order valence-electron chi connectivity index (χ0n) is 6.55. The average Bonchev–Trinajstić information content (AvgIpc) is 1.89. The third kappa shape index (κ3) is 5.57. The molecule has 0 spiro atoms. The first-order valence-corrected chi connectivity index (χ1v) is 3.78. The first-order valence-electron chi connectivity index (χ1n) is 3.78. The molecule has 0 rings (SSSR count). The Morgan fingerprint density at radius 3 is 2.50 bits per heavy atom. The molecule has 0 heterocycles. The second-order valence-electron chi connectivity index (χ2n) is 2.50. The zero-order valence-corrected chi connectivity index (χ0v) is 6.55. The van der Waals surface area contributed by atoms with Gasteiger partial charge < -0.3 is 5.73 Å². The predicted molar refractivity (Wildman–Crippen MR) is 46.8 cm³/mol. The van der Waals surface area contributed by atoms with E-state index in [9.17, 15) is 0 Å². The fraction of sp³-hybridized carbons (Fsp3) is 0.556. The molecule has 0 radical (unpaired) electrons. The van der Waals surface area contributed by atoms with Crippen molar-refractivity contribution in [2.45, 2.75) is 31.7 Å². The van der Waals surface area contributed by atoms with E-state index in [2.05, 4.69) is 13.2 Å². The summed E-state index contributed by atoms with van der Waals surface area (Å²) in [5.41, 5.74) is 5.72. The van der Waals surface area contributed by atoms with Gasteiger partial charge in [0.05, 0.1) is 0 Å². The molecular weight excluding hydrogens is 122 g/mol. The van der Waals surface area contributed by atoms with Crippen molar-refractivity contribution in [2.75, 3.05) is 0 Å². The topological polar surface area (TPSA) is 26.0 Å². The highest BCUT2D eigenvalue weighted by Crippen LogP contribution is 2.02. The summed E-state index contributed by atoms with van der Waals surface area (Å²) in [6, 6.07) is 0.303.